The minimum Gasteiger partial charge on any atom is -0.369 e. The summed E-state index contributed by atoms with van der Waals surface area (Å²) in [6.45, 7) is 6.57. The summed E-state index contributed by atoms with van der Waals surface area (Å²) in [6, 6.07) is 13.8. The first-order valence-electron chi connectivity index (χ1n) is 9.96. The Hall–Kier alpha value is -1.73. The van der Waals surface area contributed by atoms with Gasteiger partial charge in [0.2, 0.25) is 0 Å². The maximum absolute atomic E-state index is 6.24. The van der Waals surface area contributed by atoms with Gasteiger partial charge in [0, 0.05) is 53.2 Å². The number of rotatable bonds is 6. The van der Waals surface area contributed by atoms with Crippen LogP contribution in [0.25, 0.3) is 22.3 Å². The Morgan fingerprint density at radius 3 is 2.55 bits per heavy atom. The standard InChI is InChI=1S/C22H25BrClN5/c1-28-11-13-29(14-12-28)10-2-9-25-22-19-15-18(24)7-8-20(19)26-21(27-22)16-3-5-17(23)6-4-16/h3-8,15H,2,9-14H2,1H3,(H,25,26,27). The number of piperazine rings is 1. The molecule has 0 aliphatic carbocycles. The van der Waals surface area contributed by atoms with Gasteiger partial charge in [-0.1, -0.05) is 39.7 Å². The fourth-order valence-corrected chi connectivity index (χ4v) is 3.98. The number of nitrogens with one attached hydrogen (secondary N) is 1. The normalized spacial score (nSPS) is 15.7. The summed E-state index contributed by atoms with van der Waals surface area (Å²) < 4.78 is 1.04. The zero-order valence-corrected chi connectivity index (χ0v) is 18.9. The van der Waals surface area contributed by atoms with Crippen LogP contribution in [-0.2, 0) is 0 Å². The number of hydrogen-bond acceptors (Lipinski definition) is 5. The Morgan fingerprint density at radius 2 is 1.79 bits per heavy atom. The molecular weight excluding hydrogens is 450 g/mol. The van der Waals surface area contributed by atoms with Crippen molar-refractivity contribution in [1.29, 1.82) is 0 Å². The van der Waals surface area contributed by atoms with Gasteiger partial charge in [0.25, 0.3) is 0 Å². The number of benzene rings is 2. The summed E-state index contributed by atoms with van der Waals surface area (Å²) in [5.41, 5.74) is 1.88. The molecule has 2 aromatic carbocycles. The minimum absolute atomic E-state index is 0.693. The fraction of sp³-hybridized carbons (Fsp3) is 0.364. The average Bonchev–Trinajstić information content (AvgIpc) is 2.73. The molecule has 152 valence electrons. The van der Waals surface area contributed by atoms with Crippen LogP contribution in [0.2, 0.25) is 5.02 Å². The van der Waals surface area contributed by atoms with E-state index in [1.54, 1.807) is 0 Å². The van der Waals surface area contributed by atoms with Crippen molar-refractivity contribution in [3.05, 3.63) is 52.0 Å². The molecule has 0 saturated carbocycles. The number of hydrogen-bond donors (Lipinski definition) is 1. The first-order chi connectivity index (χ1) is 14.1. The summed E-state index contributed by atoms with van der Waals surface area (Å²) in [6.07, 6.45) is 1.07. The zero-order chi connectivity index (χ0) is 20.2. The van der Waals surface area contributed by atoms with E-state index in [2.05, 4.69) is 38.1 Å². The van der Waals surface area contributed by atoms with Gasteiger partial charge in [-0.15, -0.1) is 0 Å². The Kier molecular flexibility index (Phi) is 6.65. The summed E-state index contributed by atoms with van der Waals surface area (Å²) in [5.74, 6) is 1.56. The molecule has 5 nitrogen and oxygen atoms in total. The van der Waals surface area contributed by atoms with Gasteiger partial charge in [0.1, 0.15) is 5.82 Å². The number of likely N-dealkylation sites (N-methyl/N-ethyl adjacent to an activating group) is 1. The van der Waals surface area contributed by atoms with Crippen LogP contribution < -0.4 is 5.32 Å². The summed E-state index contributed by atoms with van der Waals surface area (Å²) >= 11 is 9.72. The van der Waals surface area contributed by atoms with Gasteiger partial charge < -0.3 is 15.1 Å². The van der Waals surface area contributed by atoms with E-state index in [0.29, 0.717) is 10.8 Å². The summed E-state index contributed by atoms with van der Waals surface area (Å²) in [4.78, 5) is 14.5. The lowest BCUT2D eigenvalue weighted by Crippen LogP contribution is -2.44. The van der Waals surface area contributed by atoms with Crippen molar-refractivity contribution in [2.75, 3.05) is 51.6 Å². The summed E-state index contributed by atoms with van der Waals surface area (Å²) in [5, 5.41) is 5.18. The second-order valence-electron chi connectivity index (χ2n) is 7.49. The van der Waals surface area contributed by atoms with E-state index in [-0.39, 0.29) is 0 Å². The molecule has 1 N–H and O–H groups in total. The minimum atomic E-state index is 0.693. The van der Waals surface area contributed by atoms with Crippen LogP contribution in [0.3, 0.4) is 0 Å². The van der Waals surface area contributed by atoms with Gasteiger partial charge >= 0.3 is 0 Å². The van der Waals surface area contributed by atoms with Crippen molar-refractivity contribution in [1.82, 2.24) is 19.8 Å². The van der Waals surface area contributed by atoms with Crippen LogP contribution >= 0.6 is 27.5 Å². The molecule has 4 rings (SSSR count). The molecule has 0 unspecified atom stereocenters. The zero-order valence-electron chi connectivity index (χ0n) is 16.5. The second kappa shape index (κ2) is 9.39. The molecule has 2 heterocycles. The molecule has 3 aromatic rings. The van der Waals surface area contributed by atoms with Gasteiger partial charge in [0.15, 0.2) is 5.82 Å². The highest BCUT2D eigenvalue weighted by atomic mass is 79.9. The molecular formula is C22H25BrClN5. The highest BCUT2D eigenvalue weighted by Gasteiger charge is 2.14. The number of halogens is 2. The van der Waals surface area contributed by atoms with Crippen molar-refractivity contribution in [2.45, 2.75) is 6.42 Å². The molecule has 0 bridgehead atoms. The quantitative estimate of drug-likeness (QED) is 0.522. The van der Waals surface area contributed by atoms with Crippen molar-refractivity contribution < 1.29 is 0 Å². The van der Waals surface area contributed by atoms with Crippen molar-refractivity contribution in [3.63, 3.8) is 0 Å². The molecule has 1 saturated heterocycles. The first kappa shape index (κ1) is 20.5. The Balaban J connectivity index is 1.50. The highest BCUT2D eigenvalue weighted by molar-refractivity contribution is 9.10. The topological polar surface area (TPSA) is 44.3 Å². The third-order valence-corrected chi connectivity index (χ3v) is 6.06. The lowest BCUT2D eigenvalue weighted by molar-refractivity contribution is 0.154. The van der Waals surface area contributed by atoms with Gasteiger partial charge in [-0.2, -0.15) is 0 Å². The number of aromatic nitrogens is 2. The van der Waals surface area contributed by atoms with Gasteiger partial charge in [-0.05, 0) is 50.3 Å². The van der Waals surface area contributed by atoms with E-state index >= 15 is 0 Å². The molecule has 0 atom stereocenters. The molecule has 0 spiro atoms. The van der Waals surface area contributed by atoms with Crippen LogP contribution in [0.15, 0.2) is 46.9 Å². The van der Waals surface area contributed by atoms with Gasteiger partial charge in [0.05, 0.1) is 5.52 Å². The maximum Gasteiger partial charge on any atom is 0.162 e. The Bertz CT molecular complexity index is 971. The summed E-state index contributed by atoms with van der Waals surface area (Å²) in [7, 11) is 2.19. The monoisotopic (exact) mass is 473 g/mol. The third-order valence-electron chi connectivity index (χ3n) is 5.30. The van der Waals surface area contributed by atoms with Gasteiger partial charge in [-0.3, -0.25) is 0 Å². The molecule has 7 heteroatoms. The first-order valence-corrected chi connectivity index (χ1v) is 11.1. The molecule has 29 heavy (non-hydrogen) atoms. The van der Waals surface area contributed by atoms with Crippen LogP contribution in [-0.4, -0.2) is 66.1 Å². The Morgan fingerprint density at radius 1 is 1.03 bits per heavy atom. The van der Waals surface area contributed by atoms with E-state index in [4.69, 9.17) is 21.6 Å². The molecule has 1 aliphatic rings. The maximum atomic E-state index is 6.24. The number of nitrogens with zero attached hydrogens (tertiary/aromatic N) is 4. The lowest BCUT2D eigenvalue weighted by atomic mass is 10.2. The van der Waals surface area contributed by atoms with Crippen LogP contribution in [0, 0.1) is 0 Å². The predicted molar refractivity (Wildman–Crippen MR) is 125 cm³/mol. The van der Waals surface area contributed by atoms with E-state index in [9.17, 15) is 0 Å². The molecule has 0 radical (unpaired) electrons. The number of anilines is 1. The van der Waals surface area contributed by atoms with Crippen molar-refractivity contribution in [2.24, 2.45) is 0 Å². The van der Waals surface area contributed by atoms with Crippen LogP contribution in [0.1, 0.15) is 6.42 Å². The van der Waals surface area contributed by atoms with Gasteiger partial charge in [-0.25, -0.2) is 9.97 Å². The fourth-order valence-electron chi connectivity index (χ4n) is 3.54. The molecule has 1 aliphatic heterocycles. The predicted octanol–water partition coefficient (Wildman–Crippen LogP) is 4.76. The largest absolute Gasteiger partial charge is 0.369 e. The average molecular weight is 475 g/mol. The Labute approximate surface area is 185 Å². The SMILES string of the molecule is CN1CCN(CCCNc2nc(-c3ccc(Br)cc3)nc3ccc(Cl)cc23)CC1. The molecule has 0 amide bonds. The highest BCUT2D eigenvalue weighted by Crippen LogP contribution is 2.28. The van der Waals surface area contributed by atoms with Crippen LogP contribution in [0.4, 0.5) is 5.82 Å². The van der Waals surface area contributed by atoms with E-state index in [1.807, 2.05) is 42.5 Å². The van der Waals surface area contributed by atoms with Crippen molar-refractivity contribution >= 4 is 44.3 Å². The second-order valence-corrected chi connectivity index (χ2v) is 8.84. The van der Waals surface area contributed by atoms with E-state index < -0.39 is 0 Å². The van der Waals surface area contributed by atoms with Crippen LogP contribution in [0.5, 0.6) is 0 Å². The lowest BCUT2D eigenvalue weighted by Gasteiger charge is -2.32. The molecule has 1 aromatic heterocycles. The number of fused-ring (bicyclic) bond motifs is 1. The molecule has 1 fully saturated rings. The third kappa shape index (κ3) is 5.25. The van der Waals surface area contributed by atoms with Crippen molar-refractivity contribution in [3.8, 4) is 11.4 Å². The van der Waals surface area contributed by atoms with E-state index in [0.717, 1.165) is 72.4 Å². The smallest absolute Gasteiger partial charge is 0.162 e. The van der Waals surface area contributed by atoms with E-state index in [1.165, 1.54) is 0 Å².